The van der Waals surface area contributed by atoms with E-state index in [-0.39, 0.29) is 0 Å². The smallest absolute Gasteiger partial charge is 0.177 e. The first-order valence-electron chi connectivity index (χ1n) is 6.34. The minimum absolute atomic E-state index is 0.569. The third-order valence-corrected chi connectivity index (χ3v) is 3.11. The average molecular weight is 246 g/mol. The number of H-pyrrole nitrogens is 1. The lowest BCUT2D eigenvalue weighted by Gasteiger charge is -2.03. The molecule has 0 bridgehead atoms. The summed E-state index contributed by atoms with van der Waals surface area (Å²) in [5, 5.41) is 14.2. The summed E-state index contributed by atoms with van der Waals surface area (Å²) >= 11 is 0. The van der Waals surface area contributed by atoms with Gasteiger partial charge in [0.1, 0.15) is 0 Å². The number of nitrogens with zero attached hydrogens (tertiary/aromatic N) is 3. The van der Waals surface area contributed by atoms with Gasteiger partial charge in [-0.3, -0.25) is 0 Å². The van der Waals surface area contributed by atoms with Crippen LogP contribution in [0.4, 0.5) is 0 Å². The van der Waals surface area contributed by atoms with Crippen molar-refractivity contribution in [3.63, 3.8) is 0 Å². The molecule has 0 aliphatic heterocycles. The molecule has 0 amide bonds. The molecule has 1 N–H and O–H groups in total. The normalized spacial score (nSPS) is 14.4. The Bertz CT molecular complexity index is 450. The standard InChI is InChI=1S/C14H22N4/c1-6-11(4)13(14-15-17-18-16-14)9-7-8-12(5)10(2)3/h7-10H,6H2,1-5H3,(H,15,16,17,18)/b9-7-,12-8+,13-11-. The van der Waals surface area contributed by atoms with Crippen LogP contribution in [-0.2, 0) is 0 Å². The second kappa shape index (κ2) is 6.89. The summed E-state index contributed by atoms with van der Waals surface area (Å²) < 4.78 is 0. The first kappa shape index (κ1) is 14.4. The lowest BCUT2D eigenvalue weighted by molar-refractivity contribution is 0.769. The lowest BCUT2D eigenvalue weighted by atomic mass is 10.0. The van der Waals surface area contributed by atoms with E-state index in [9.17, 15) is 0 Å². The van der Waals surface area contributed by atoms with Crippen LogP contribution in [0.2, 0.25) is 0 Å². The van der Waals surface area contributed by atoms with Crippen molar-refractivity contribution in [2.75, 3.05) is 0 Å². The Kier molecular flexibility index (Phi) is 5.49. The molecular weight excluding hydrogens is 224 g/mol. The van der Waals surface area contributed by atoms with Crippen molar-refractivity contribution in [2.24, 2.45) is 5.92 Å². The fourth-order valence-electron chi connectivity index (χ4n) is 1.36. The van der Waals surface area contributed by atoms with Crippen LogP contribution in [0.1, 0.15) is 46.9 Å². The second-order valence-electron chi connectivity index (χ2n) is 4.71. The minimum atomic E-state index is 0.569. The molecule has 0 atom stereocenters. The van der Waals surface area contributed by atoms with E-state index < -0.39 is 0 Å². The lowest BCUT2D eigenvalue weighted by Crippen LogP contribution is -1.90. The summed E-state index contributed by atoms with van der Waals surface area (Å²) in [6.45, 7) is 10.7. The summed E-state index contributed by atoms with van der Waals surface area (Å²) in [6, 6.07) is 0. The van der Waals surface area contributed by atoms with Gasteiger partial charge < -0.3 is 0 Å². The maximum absolute atomic E-state index is 4.04. The van der Waals surface area contributed by atoms with Crippen molar-refractivity contribution in [1.29, 1.82) is 0 Å². The van der Waals surface area contributed by atoms with Gasteiger partial charge in [0, 0.05) is 5.57 Å². The molecule has 1 rings (SSSR count). The number of hydrogen-bond donors (Lipinski definition) is 1. The van der Waals surface area contributed by atoms with E-state index in [1.54, 1.807) is 0 Å². The molecule has 1 aromatic heterocycles. The van der Waals surface area contributed by atoms with Crippen molar-refractivity contribution in [2.45, 2.75) is 41.0 Å². The van der Waals surface area contributed by atoms with Gasteiger partial charge in [0.25, 0.3) is 0 Å². The predicted octanol–water partition coefficient (Wildman–Crippen LogP) is 3.54. The molecule has 0 saturated heterocycles. The highest BCUT2D eigenvalue weighted by atomic mass is 15.5. The first-order valence-corrected chi connectivity index (χ1v) is 6.34. The van der Waals surface area contributed by atoms with Crippen LogP contribution in [0.25, 0.3) is 5.57 Å². The van der Waals surface area contributed by atoms with Gasteiger partial charge in [-0.2, -0.15) is 5.21 Å². The van der Waals surface area contributed by atoms with E-state index in [2.05, 4.69) is 73.5 Å². The monoisotopic (exact) mass is 246 g/mol. The Hall–Kier alpha value is -1.71. The van der Waals surface area contributed by atoms with Gasteiger partial charge in [-0.1, -0.05) is 50.1 Å². The first-order chi connectivity index (χ1) is 8.56. The van der Waals surface area contributed by atoms with E-state index in [1.807, 2.05) is 0 Å². The van der Waals surface area contributed by atoms with Crippen LogP contribution in [0.5, 0.6) is 0 Å². The number of allylic oxidation sites excluding steroid dienone is 6. The zero-order valence-corrected chi connectivity index (χ0v) is 11.9. The third kappa shape index (κ3) is 3.95. The van der Waals surface area contributed by atoms with Gasteiger partial charge in [-0.05, 0) is 31.4 Å². The third-order valence-electron chi connectivity index (χ3n) is 3.11. The van der Waals surface area contributed by atoms with E-state index in [0.717, 1.165) is 12.0 Å². The highest BCUT2D eigenvalue weighted by Gasteiger charge is 2.06. The molecule has 0 radical (unpaired) electrons. The number of tetrazole rings is 1. The fraction of sp³-hybridized carbons (Fsp3) is 0.500. The average Bonchev–Trinajstić information content (AvgIpc) is 2.86. The van der Waals surface area contributed by atoms with Crippen LogP contribution < -0.4 is 0 Å². The molecule has 1 heterocycles. The molecule has 0 aromatic carbocycles. The van der Waals surface area contributed by atoms with E-state index in [0.29, 0.717) is 11.7 Å². The van der Waals surface area contributed by atoms with Crippen LogP contribution in [0, 0.1) is 5.92 Å². The second-order valence-corrected chi connectivity index (χ2v) is 4.71. The molecule has 0 aliphatic carbocycles. The molecule has 0 spiro atoms. The summed E-state index contributed by atoms with van der Waals surface area (Å²) in [5.41, 5.74) is 3.65. The summed E-state index contributed by atoms with van der Waals surface area (Å²) in [6.07, 6.45) is 7.21. The molecule has 4 nitrogen and oxygen atoms in total. The zero-order valence-electron chi connectivity index (χ0n) is 11.9. The van der Waals surface area contributed by atoms with Gasteiger partial charge in [-0.25, -0.2) is 0 Å². The van der Waals surface area contributed by atoms with Gasteiger partial charge in [0.15, 0.2) is 0 Å². The van der Waals surface area contributed by atoms with Gasteiger partial charge in [0.2, 0.25) is 5.82 Å². The molecular formula is C14H22N4. The van der Waals surface area contributed by atoms with Crippen molar-refractivity contribution >= 4 is 5.57 Å². The molecule has 0 aliphatic rings. The summed E-state index contributed by atoms with van der Waals surface area (Å²) in [7, 11) is 0. The molecule has 98 valence electrons. The number of rotatable bonds is 5. The van der Waals surface area contributed by atoms with Crippen molar-refractivity contribution in [3.8, 4) is 0 Å². The van der Waals surface area contributed by atoms with E-state index in [1.165, 1.54) is 11.1 Å². The van der Waals surface area contributed by atoms with E-state index in [4.69, 9.17) is 0 Å². The number of hydrogen-bond acceptors (Lipinski definition) is 3. The Morgan fingerprint density at radius 3 is 2.56 bits per heavy atom. The van der Waals surface area contributed by atoms with Gasteiger partial charge >= 0.3 is 0 Å². The maximum Gasteiger partial charge on any atom is 0.204 e. The molecule has 1 aromatic rings. The molecule has 18 heavy (non-hydrogen) atoms. The zero-order chi connectivity index (χ0) is 13.5. The summed E-state index contributed by atoms with van der Waals surface area (Å²) in [4.78, 5) is 0. The topological polar surface area (TPSA) is 54.5 Å². The van der Waals surface area contributed by atoms with Crippen molar-refractivity contribution < 1.29 is 0 Å². The van der Waals surface area contributed by atoms with Crippen molar-refractivity contribution in [1.82, 2.24) is 20.6 Å². The Labute approximate surface area is 109 Å². The van der Waals surface area contributed by atoms with Gasteiger partial charge in [0.05, 0.1) is 0 Å². The van der Waals surface area contributed by atoms with Crippen LogP contribution in [0.15, 0.2) is 29.4 Å². The summed E-state index contributed by atoms with van der Waals surface area (Å²) in [5.74, 6) is 1.22. The fourth-order valence-corrected chi connectivity index (χ4v) is 1.36. The van der Waals surface area contributed by atoms with Crippen LogP contribution in [-0.4, -0.2) is 20.6 Å². The van der Waals surface area contributed by atoms with E-state index >= 15 is 0 Å². The number of nitrogens with one attached hydrogen (secondary N) is 1. The van der Waals surface area contributed by atoms with Crippen LogP contribution >= 0.6 is 0 Å². The Morgan fingerprint density at radius 2 is 2.06 bits per heavy atom. The Morgan fingerprint density at radius 1 is 1.33 bits per heavy atom. The highest BCUT2D eigenvalue weighted by Crippen LogP contribution is 2.18. The van der Waals surface area contributed by atoms with Gasteiger partial charge in [-0.15, -0.1) is 10.2 Å². The maximum atomic E-state index is 4.04. The minimum Gasteiger partial charge on any atom is -0.177 e. The number of aromatic amines is 1. The SMILES string of the molecule is CC/C(C)=C(/C=C\C=C(/C)C(C)C)c1nn[nH]n1. The molecule has 0 fully saturated rings. The van der Waals surface area contributed by atoms with Crippen LogP contribution in [0.3, 0.4) is 0 Å². The molecule has 0 saturated carbocycles. The molecule has 4 heteroatoms. The highest BCUT2D eigenvalue weighted by molar-refractivity contribution is 5.72. The number of aromatic nitrogens is 4. The predicted molar refractivity (Wildman–Crippen MR) is 74.8 cm³/mol. The largest absolute Gasteiger partial charge is 0.204 e. The quantitative estimate of drug-likeness (QED) is 0.808. The molecule has 0 unspecified atom stereocenters. The Balaban J connectivity index is 2.96. The van der Waals surface area contributed by atoms with Crippen molar-refractivity contribution in [3.05, 3.63) is 35.2 Å².